The van der Waals surface area contributed by atoms with Crippen LogP contribution in [-0.2, 0) is 4.79 Å². The van der Waals surface area contributed by atoms with Gasteiger partial charge in [-0.1, -0.05) is 0 Å². The normalized spacial score (nSPS) is 13.1. The molecule has 0 aromatic rings. The monoisotopic (exact) mass is 122 g/mol. The SMILES string of the molecule is CC(=O)O.[Na][C]1=CC1. The molecular formula is C5H7NaO2. The van der Waals surface area contributed by atoms with Crippen LogP contribution in [0.4, 0.5) is 0 Å². The predicted molar refractivity (Wildman–Crippen MR) is 31.8 cm³/mol. The van der Waals surface area contributed by atoms with Crippen LogP contribution < -0.4 is 0 Å². The number of allylic oxidation sites excluding steroid dienone is 2. The fraction of sp³-hybridized carbons (Fsp3) is 0.400. The number of hydrogen-bond donors (Lipinski definition) is 1. The average Bonchev–Trinajstić information content (AvgIpc) is 2.19. The van der Waals surface area contributed by atoms with Crippen LogP contribution in [-0.4, -0.2) is 39.0 Å². The summed E-state index contributed by atoms with van der Waals surface area (Å²) >= 11 is 1.32. The Morgan fingerprint density at radius 2 is 2.12 bits per heavy atom. The molecule has 0 saturated heterocycles. The Morgan fingerprint density at radius 3 is 2.12 bits per heavy atom. The van der Waals surface area contributed by atoms with Crippen LogP contribution in [0.5, 0.6) is 0 Å². The molecule has 0 amide bonds. The molecule has 0 unspecified atom stereocenters. The minimum absolute atomic E-state index is 0.833. The first kappa shape index (κ1) is 8.21. The number of rotatable bonds is 0. The summed E-state index contributed by atoms with van der Waals surface area (Å²) in [5, 5.41) is 7.42. The molecule has 0 aliphatic heterocycles. The van der Waals surface area contributed by atoms with Gasteiger partial charge in [-0.2, -0.15) is 0 Å². The van der Waals surface area contributed by atoms with Crippen molar-refractivity contribution in [1.29, 1.82) is 0 Å². The van der Waals surface area contributed by atoms with Crippen molar-refractivity contribution in [3.8, 4) is 0 Å². The van der Waals surface area contributed by atoms with Crippen LogP contribution in [0.25, 0.3) is 0 Å². The van der Waals surface area contributed by atoms with Crippen molar-refractivity contribution in [2.24, 2.45) is 0 Å². The maximum absolute atomic E-state index is 9.00. The van der Waals surface area contributed by atoms with E-state index in [1.165, 1.54) is 34.4 Å². The zero-order chi connectivity index (χ0) is 6.57. The molecule has 0 heterocycles. The molecule has 3 heteroatoms. The van der Waals surface area contributed by atoms with Crippen LogP contribution in [0.1, 0.15) is 13.3 Å². The molecule has 8 heavy (non-hydrogen) atoms. The van der Waals surface area contributed by atoms with Crippen molar-refractivity contribution in [1.82, 2.24) is 0 Å². The predicted octanol–water partition coefficient (Wildman–Crippen LogP) is 0.533. The van der Waals surface area contributed by atoms with Gasteiger partial charge in [0, 0.05) is 6.92 Å². The van der Waals surface area contributed by atoms with Crippen molar-refractivity contribution in [2.45, 2.75) is 13.3 Å². The van der Waals surface area contributed by atoms with Gasteiger partial charge in [0.2, 0.25) is 0 Å². The zero-order valence-electron chi connectivity index (χ0n) is 5.14. The second kappa shape index (κ2) is 4.13. The molecule has 0 aromatic heterocycles. The third-order valence-electron chi connectivity index (χ3n) is 0.612. The first-order chi connectivity index (χ1) is 3.63. The van der Waals surface area contributed by atoms with Crippen LogP contribution >= 0.6 is 0 Å². The summed E-state index contributed by atoms with van der Waals surface area (Å²) in [6, 6.07) is 0. The molecule has 0 atom stereocenters. The van der Waals surface area contributed by atoms with Gasteiger partial charge in [-0.25, -0.2) is 0 Å². The number of hydrogen-bond acceptors (Lipinski definition) is 1. The minimum atomic E-state index is -0.833. The van der Waals surface area contributed by atoms with E-state index in [2.05, 4.69) is 6.08 Å². The molecule has 0 aromatic carbocycles. The standard InChI is InChI=1S/C3H3.C2H4O2.Na/c1-2-3-1;1-2(3)4;/h1H,2H2;1H3,(H,3,4);. The van der Waals surface area contributed by atoms with E-state index in [0.717, 1.165) is 6.92 Å². The van der Waals surface area contributed by atoms with Crippen molar-refractivity contribution < 1.29 is 9.90 Å². The van der Waals surface area contributed by atoms with E-state index in [-0.39, 0.29) is 0 Å². The number of carboxylic acid groups (broad SMARTS) is 1. The van der Waals surface area contributed by atoms with Crippen LogP contribution in [0, 0.1) is 0 Å². The Hall–Kier alpha value is 0.210. The van der Waals surface area contributed by atoms with Gasteiger partial charge < -0.3 is 5.11 Å². The summed E-state index contributed by atoms with van der Waals surface area (Å²) in [7, 11) is 0. The molecule has 0 saturated carbocycles. The van der Waals surface area contributed by atoms with E-state index in [9.17, 15) is 0 Å². The van der Waals surface area contributed by atoms with Gasteiger partial charge in [-0.05, 0) is 0 Å². The van der Waals surface area contributed by atoms with E-state index in [0.29, 0.717) is 0 Å². The van der Waals surface area contributed by atoms with Crippen molar-refractivity contribution in [3.63, 3.8) is 0 Å². The molecule has 0 bridgehead atoms. The molecule has 1 aliphatic rings. The van der Waals surface area contributed by atoms with E-state index in [1.54, 1.807) is 2.82 Å². The van der Waals surface area contributed by atoms with Gasteiger partial charge in [0.25, 0.3) is 5.97 Å². The summed E-state index contributed by atoms with van der Waals surface area (Å²) in [4.78, 5) is 9.00. The number of carboxylic acids is 1. The maximum atomic E-state index is 9.00. The summed E-state index contributed by atoms with van der Waals surface area (Å²) in [6.07, 6.45) is 3.61. The molecular weight excluding hydrogens is 115 g/mol. The van der Waals surface area contributed by atoms with Gasteiger partial charge in [0.1, 0.15) is 0 Å². The number of carbonyl (C=O) groups is 1. The molecule has 2 nitrogen and oxygen atoms in total. The van der Waals surface area contributed by atoms with Crippen molar-refractivity contribution >= 4 is 33.9 Å². The van der Waals surface area contributed by atoms with E-state index in [1.807, 2.05) is 0 Å². The van der Waals surface area contributed by atoms with Crippen LogP contribution in [0.15, 0.2) is 8.90 Å². The summed E-state index contributed by atoms with van der Waals surface area (Å²) in [6.45, 7) is 1.08. The topological polar surface area (TPSA) is 37.3 Å². The first-order valence-corrected chi connectivity index (χ1v) is 3.48. The Balaban J connectivity index is 0.000000122. The second-order valence-corrected chi connectivity index (χ2v) is 3.06. The van der Waals surface area contributed by atoms with E-state index < -0.39 is 5.97 Å². The van der Waals surface area contributed by atoms with Gasteiger partial charge >= 0.3 is 43.3 Å². The Bertz CT molecular complexity index is 114. The van der Waals surface area contributed by atoms with Gasteiger partial charge in [-0.15, -0.1) is 0 Å². The van der Waals surface area contributed by atoms with Crippen molar-refractivity contribution in [3.05, 3.63) is 8.90 Å². The zero-order valence-corrected chi connectivity index (χ0v) is 7.14. The number of aliphatic carboxylic acids is 1. The van der Waals surface area contributed by atoms with Gasteiger partial charge in [-0.3, -0.25) is 4.79 Å². The van der Waals surface area contributed by atoms with E-state index >= 15 is 0 Å². The molecule has 0 radical (unpaired) electrons. The molecule has 1 N–H and O–H groups in total. The molecule has 1 rings (SSSR count). The van der Waals surface area contributed by atoms with E-state index in [4.69, 9.17) is 9.90 Å². The van der Waals surface area contributed by atoms with Gasteiger partial charge in [0.15, 0.2) is 0 Å². The Morgan fingerprint density at radius 1 is 2.00 bits per heavy atom. The average molecular weight is 122 g/mol. The summed E-state index contributed by atoms with van der Waals surface area (Å²) in [5.74, 6) is -0.833. The quantitative estimate of drug-likeness (QED) is 0.476. The summed E-state index contributed by atoms with van der Waals surface area (Å²) < 4.78 is 1.68. The first-order valence-electron chi connectivity index (χ1n) is 2.48. The summed E-state index contributed by atoms with van der Waals surface area (Å²) in [5.41, 5.74) is 0. The third kappa shape index (κ3) is 16.4. The molecule has 1 aliphatic carbocycles. The van der Waals surface area contributed by atoms with Crippen LogP contribution in [0.3, 0.4) is 0 Å². The second-order valence-electron chi connectivity index (χ2n) is 1.77. The van der Waals surface area contributed by atoms with Crippen LogP contribution in [0.2, 0.25) is 0 Å². The Kier molecular flexibility index (Phi) is 4.23. The third-order valence-corrected chi connectivity index (χ3v) is 1.43. The van der Waals surface area contributed by atoms with Gasteiger partial charge in [0.05, 0.1) is 0 Å². The Labute approximate surface area is 66.0 Å². The molecule has 40 valence electrons. The fourth-order valence-electron chi connectivity index (χ4n) is 0.102. The fourth-order valence-corrected chi connectivity index (χ4v) is 0.306. The molecule has 0 spiro atoms. The van der Waals surface area contributed by atoms with Crippen molar-refractivity contribution in [2.75, 3.05) is 0 Å². The molecule has 0 fully saturated rings.